The monoisotopic (exact) mass is 498 g/mol. The van der Waals surface area contributed by atoms with E-state index in [4.69, 9.17) is 11.3 Å². The van der Waals surface area contributed by atoms with Crippen LogP contribution in [0.25, 0.3) is 0 Å². The summed E-state index contributed by atoms with van der Waals surface area (Å²) in [6.45, 7) is 8.15. The highest BCUT2D eigenvalue weighted by molar-refractivity contribution is 5.96. The van der Waals surface area contributed by atoms with Gasteiger partial charge in [-0.2, -0.15) is 0 Å². The Bertz CT molecular complexity index is 996. The second-order valence-corrected chi connectivity index (χ2v) is 12.4. The third kappa shape index (κ3) is 4.58. The van der Waals surface area contributed by atoms with E-state index in [9.17, 15) is 19.8 Å². The molecule has 0 aliphatic heterocycles. The minimum Gasteiger partial charge on any atom is -0.480 e. The highest BCUT2D eigenvalue weighted by atomic mass is 16.6. The van der Waals surface area contributed by atoms with Crippen LogP contribution in [0.1, 0.15) is 85.5 Å². The molecule has 0 aromatic heterocycles. The molecule has 3 N–H and O–H groups in total. The second-order valence-electron chi connectivity index (χ2n) is 12.4. The number of carboxylic acids is 1. The van der Waals surface area contributed by atoms with Crippen molar-refractivity contribution in [3.05, 3.63) is 11.6 Å². The van der Waals surface area contributed by atoms with Crippen LogP contribution in [-0.2, 0) is 14.4 Å². The summed E-state index contributed by atoms with van der Waals surface area (Å²) in [5.74, 6) is 3.03. The number of amides is 1. The number of allylic oxidation sites excluding steroid dienone is 2. The van der Waals surface area contributed by atoms with Gasteiger partial charge in [0.05, 0.1) is 5.71 Å². The predicted molar refractivity (Wildman–Crippen MR) is 138 cm³/mol. The van der Waals surface area contributed by atoms with Crippen molar-refractivity contribution in [3.8, 4) is 12.3 Å². The molecule has 3 fully saturated rings. The van der Waals surface area contributed by atoms with Gasteiger partial charge in [-0.25, -0.2) is 4.79 Å². The number of hydrogen-bond donors (Lipinski definition) is 3. The molecule has 198 valence electrons. The van der Waals surface area contributed by atoms with E-state index < -0.39 is 23.5 Å². The summed E-state index contributed by atoms with van der Waals surface area (Å²) in [6, 6.07) is -0.921. The van der Waals surface area contributed by atoms with E-state index in [0.717, 1.165) is 50.7 Å². The standard InChI is InChI=1S/C29H42N2O5/c1-6-29(35)14-11-23-21-8-7-19-16-20(9-12-27(19,4)22(21)10-13-28(23,29)5)31-36-17-25(32)30-24(26(33)34)15-18(2)3/h1,16,18,21-24,35H,7-15,17H2,2-5H3,(H,30,32)(H,33,34)/t21-,22+,23+,24-,27+,28+,29-/m1/s1. The van der Waals surface area contributed by atoms with Gasteiger partial charge in [-0.3, -0.25) is 4.79 Å². The third-order valence-electron chi connectivity index (χ3n) is 10.1. The van der Waals surface area contributed by atoms with Crippen LogP contribution >= 0.6 is 0 Å². The van der Waals surface area contributed by atoms with Gasteiger partial charge in [0.15, 0.2) is 6.61 Å². The molecule has 0 saturated heterocycles. The Labute approximate surface area is 215 Å². The number of terminal acetylenes is 1. The summed E-state index contributed by atoms with van der Waals surface area (Å²) in [6.07, 6.45) is 16.0. The number of carboxylic acid groups (broad SMARTS) is 1. The molecule has 36 heavy (non-hydrogen) atoms. The van der Waals surface area contributed by atoms with E-state index in [1.807, 2.05) is 13.8 Å². The maximum Gasteiger partial charge on any atom is 0.326 e. The number of carbonyl (C=O) groups is 2. The number of hydrogen-bond acceptors (Lipinski definition) is 5. The first-order valence-corrected chi connectivity index (χ1v) is 13.6. The maximum atomic E-state index is 12.2. The van der Waals surface area contributed by atoms with Gasteiger partial charge in [0, 0.05) is 5.41 Å². The van der Waals surface area contributed by atoms with Crippen molar-refractivity contribution < 1.29 is 24.6 Å². The number of nitrogens with one attached hydrogen (secondary N) is 1. The Morgan fingerprint density at radius 2 is 1.92 bits per heavy atom. The average molecular weight is 499 g/mol. The van der Waals surface area contributed by atoms with Crippen LogP contribution in [0.4, 0.5) is 0 Å². The highest BCUT2D eigenvalue weighted by Crippen LogP contribution is 2.67. The van der Waals surface area contributed by atoms with Gasteiger partial charge in [-0.15, -0.1) is 6.42 Å². The van der Waals surface area contributed by atoms with Crippen LogP contribution in [-0.4, -0.2) is 46.1 Å². The van der Waals surface area contributed by atoms with E-state index in [-0.39, 0.29) is 23.4 Å². The number of rotatable bonds is 7. The molecular weight excluding hydrogens is 456 g/mol. The molecule has 0 aromatic rings. The van der Waals surface area contributed by atoms with Gasteiger partial charge in [-0.05, 0) is 93.0 Å². The summed E-state index contributed by atoms with van der Waals surface area (Å²) >= 11 is 0. The van der Waals surface area contributed by atoms with Crippen molar-refractivity contribution in [2.45, 2.75) is 97.1 Å². The van der Waals surface area contributed by atoms with Crippen LogP contribution in [0.5, 0.6) is 0 Å². The molecule has 3 saturated carbocycles. The lowest BCUT2D eigenvalue weighted by molar-refractivity contribution is -0.143. The Morgan fingerprint density at radius 3 is 2.58 bits per heavy atom. The molecule has 0 unspecified atom stereocenters. The Hall–Kier alpha value is -2.33. The first-order valence-electron chi connectivity index (χ1n) is 13.6. The minimum atomic E-state index is -1.04. The lowest BCUT2D eigenvalue weighted by Crippen LogP contribution is -2.54. The van der Waals surface area contributed by atoms with Gasteiger partial charge in [0.2, 0.25) is 0 Å². The molecule has 0 radical (unpaired) electrons. The largest absolute Gasteiger partial charge is 0.480 e. The minimum absolute atomic E-state index is 0.114. The lowest BCUT2D eigenvalue weighted by Gasteiger charge is -2.58. The molecule has 0 heterocycles. The molecule has 0 aromatic carbocycles. The molecule has 4 rings (SSSR count). The van der Waals surface area contributed by atoms with E-state index in [2.05, 4.69) is 36.3 Å². The fourth-order valence-electron chi connectivity index (χ4n) is 8.00. The fraction of sp³-hybridized carbons (Fsp3) is 0.759. The van der Waals surface area contributed by atoms with Crippen LogP contribution in [0.2, 0.25) is 0 Å². The fourth-order valence-corrected chi connectivity index (χ4v) is 8.00. The first kappa shape index (κ1) is 26.7. The number of carbonyl (C=O) groups excluding carboxylic acids is 1. The summed E-state index contributed by atoms with van der Waals surface area (Å²) < 4.78 is 0. The number of aliphatic hydroxyl groups is 1. The number of fused-ring (bicyclic) bond motifs is 5. The molecule has 0 bridgehead atoms. The number of aliphatic carboxylic acids is 1. The Kier molecular flexibility index (Phi) is 7.31. The van der Waals surface area contributed by atoms with Crippen LogP contribution in [0.3, 0.4) is 0 Å². The SMILES string of the molecule is C#C[C@@]1(O)CC[C@H]2[C@@H]3CCC4=CC(=NOCC(=O)N[C@H](CC(C)C)C(=O)O)CC[C@]4(C)[C@H]3CC[C@@]21C. The van der Waals surface area contributed by atoms with Gasteiger partial charge >= 0.3 is 5.97 Å². The summed E-state index contributed by atoms with van der Waals surface area (Å²) in [7, 11) is 0. The zero-order chi connectivity index (χ0) is 26.3. The summed E-state index contributed by atoms with van der Waals surface area (Å²) in [5, 5.41) is 27.2. The van der Waals surface area contributed by atoms with Gasteiger partial charge in [0.1, 0.15) is 11.6 Å². The Balaban J connectivity index is 1.39. The average Bonchev–Trinajstić information content (AvgIpc) is 3.09. The molecule has 7 atom stereocenters. The third-order valence-corrected chi connectivity index (χ3v) is 10.1. The van der Waals surface area contributed by atoms with Gasteiger partial charge < -0.3 is 20.4 Å². The predicted octanol–water partition coefficient (Wildman–Crippen LogP) is 4.30. The normalized spacial score (nSPS) is 39.3. The van der Waals surface area contributed by atoms with Crippen molar-refractivity contribution in [1.29, 1.82) is 0 Å². The van der Waals surface area contributed by atoms with Crippen molar-refractivity contribution in [2.75, 3.05) is 6.61 Å². The number of oxime groups is 1. The van der Waals surface area contributed by atoms with Crippen LogP contribution in [0, 0.1) is 46.8 Å². The van der Waals surface area contributed by atoms with E-state index >= 15 is 0 Å². The van der Waals surface area contributed by atoms with Gasteiger partial charge in [-0.1, -0.05) is 44.3 Å². The highest BCUT2D eigenvalue weighted by Gasteiger charge is 2.63. The van der Waals surface area contributed by atoms with E-state index in [1.54, 1.807) is 0 Å². The van der Waals surface area contributed by atoms with Crippen molar-refractivity contribution in [2.24, 2.45) is 39.7 Å². The molecule has 1 amide bonds. The van der Waals surface area contributed by atoms with E-state index in [1.165, 1.54) is 5.57 Å². The van der Waals surface area contributed by atoms with Crippen molar-refractivity contribution in [1.82, 2.24) is 5.32 Å². The maximum absolute atomic E-state index is 12.2. The van der Waals surface area contributed by atoms with Crippen LogP contribution < -0.4 is 5.32 Å². The smallest absolute Gasteiger partial charge is 0.326 e. The lowest BCUT2D eigenvalue weighted by atomic mass is 9.46. The first-order chi connectivity index (χ1) is 16.9. The van der Waals surface area contributed by atoms with E-state index in [0.29, 0.717) is 30.6 Å². The number of nitrogens with zero attached hydrogens (tertiary/aromatic N) is 1. The molecule has 4 aliphatic rings. The van der Waals surface area contributed by atoms with Crippen molar-refractivity contribution >= 4 is 17.6 Å². The van der Waals surface area contributed by atoms with Gasteiger partial charge in [0.25, 0.3) is 5.91 Å². The zero-order valence-electron chi connectivity index (χ0n) is 22.2. The molecule has 4 aliphatic carbocycles. The van der Waals surface area contributed by atoms with Crippen LogP contribution in [0.15, 0.2) is 16.8 Å². The Morgan fingerprint density at radius 1 is 1.19 bits per heavy atom. The molecule has 7 heteroatoms. The quantitative estimate of drug-likeness (QED) is 0.358. The topological polar surface area (TPSA) is 108 Å². The summed E-state index contributed by atoms with van der Waals surface area (Å²) in [5.41, 5.74) is 1.20. The van der Waals surface area contributed by atoms with Crippen molar-refractivity contribution in [3.63, 3.8) is 0 Å². The summed E-state index contributed by atoms with van der Waals surface area (Å²) in [4.78, 5) is 28.9. The molecule has 0 spiro atoms. The second kappa shape index (κ2) is 9.85. The zero-order valence-corrected chi connectivity index (χ0v) is 22.2. The molecule has 7 nitrogen and oxygen atoms in total. The molecular formula is C29H42N2O5.